The van der Waals surface area contributed by atoms with Gasteiger partial charge in [-0.15, -0.1) is 0 Å². The van der Waals surface area contributed by atoms with Crippen molar-refractivity contribution >= 4 is 17.6 Å². The van der Waals surface area contributed by atoms with Gasteiger partial charge in [-0.3, -0.25) is 20.0 Å². The van der Waals surface area contributed by atoms with Gasteiger partial charge in [0.2, 0.25) is 0 Å². The Morgan fingerprint density at radius 3 is 3.08 bits per heavy atom. The Hall–Kier alpha value is -1.43. The van der Waals surface area contributed by atoms with Crippen molar-refractivity contribution in [3.63, 3.8) is 0 Å². The van der Waals surface area contributed by atoms with Crippen LogP contribution < -0.4 is 10.6 Å². The van der Waals surface area contributed by atoms with E-state index >= 15 is 0 Å². The molecule has 1 saturated heterocycles. The molecule has 2 N–H and O–H groups in total. The SMILES string of the molecule is CN1C(=O)NC2NCN=C2C1=O. The molecular formula is C6H8N4O2. The summed E-state index contributed by atoms with van der Waals surface area (Å²) in [6.07, 6.45) is -0.388. The van der Waals surface area contributed by atoms with E-state index in [9.17, 15) is 9.59 Å². The maximum absolute atomic E-state index is 11.3. The molecule has 0 spiro atoms. The zero-order valence-electron chi connectivity index (χ0n) is 6.50. The molecule has 0 aliphatic carbocycles. The lowest BCUT2D eigenvalue weighted by atomic mass is 10.2. The van der Waals surface area contributed by atoms with Gasteiger partial charge in [0.1, 0.15) is 11.9 Å². The standard InChI is InChI=1S/C6H8N4O2/c1-10-5(11)3-4(8-2-7-3)9-6(10)12/h4,8H,2H2,1H3,(H,9,12). The third kappa shape index (κ3) is 0.814. The number of fused-ring (bicyclic) bond motifs is 1. The first kappa shape index (κ1) is 7.23. The summed E-state index contributed by atoms with van der Waals surface area (Å²) in [5, 5.41) is 5.44. The number of rotatable bonds is 0. The van der Waals surface area contributed by atoms with Crippen LogP contribution >= 0.6 is 0 Å². The van der Waals surface area contributed by atoms with Crippen LogP contribution in [0.5, 0.6) is 0 Å². The number of hydrogen-bond donors (Lipinski definition) is 2. The molecule has 3 amide bonds. The number of nitrogens with one attached hydrogen (secondary N) is 2. The Morgan fingerprint density at radius 2 is 2.33 bits per heavy atom. The maximum Gasteiger partial charge on any atom is 0.325 e. The number of hydrogen-bond acceptors (Lipinski definition) is 4. The number of urea groups is 1. The van der Waals surface area contributed by atoms with Gasteiger partial charge in [-0.05, 0) is 0 Å². The zero-order valence-corrected chi connectivity index (χ0v) is 6.50. The van der Waals surface area contributed by atoms with Crippen LogP contribution in [0.4, 0.5) is 4.79 Å². The number of aliphatic imine (C=N–C) groups is 1. The average molecular weight is 168 g/mol. The summed E-state index contributed by atoms with van der Waals surface area (Å²) >= 11 is 0. The Balaban J connectivity index is 2.31. The third-order valence-electron chi connectivity index (χ3n) is 1.91. The molecule has 0 aromatic heterocycles. The van der Waals surface area contributed by atoms with Crippen molar-refractivity contribution in [3.8, 4) is 0 Å². The van der Waals surface area contributed by atoms with Gasteiger partial charge < -0.3 is 5.32 Å². The van der Waals surface area contributed by atoms with Crippen LogP contribution in [0.2, 0.25) is 0 Å². The van der Waals surface area contributed by atoms with Crippen LogP contribution in [0.15, 0.2) is 4.99 Å². The molecule has 2 rings (SSSR count). The molecule has 6 nitrogen and oxygen atoms in total. The van der Waals surface area contributed by atoms with Crippen molar-refractivity contribution in [3.05, 3.63) is 0 Å². The van der Waals surface area contributed by atoms with E-state index in [2.05, 4.69) is 15.6 Å². The molecule has 1 atom stereocenters. The van der Waals surface area contributed by atoms with Crippen LogP contribution in [-0.4, -0.2) is 42.4 Å². The van der Waals surface area contributed by atoms with E-state index in [1.165, 1.54) is 7.05 Å². The largest absolute Gasteiger partial charge is 0.325 e. The second-order valence-corrected chi connectivity index (χ2v) is 2.65. The number of imide groups is 1. The van der Waals surface area contributed by atoms with Gasteiger partial charge in [-0.1, -0.05) is 0 Å². The van der Waals surface area contributed by atoms with Gasteiger partial charge in [0.25, 0.3) is 5.91 Å². The monoisotopic (exact) mass is 168 g/mol. The lowest BCUT2D eigenvalue weighted by Gasteiger charge is -2.26. The third-order valence-corrected chi connectivity index (χ3v) is 1.91. The van der Waals surface area contributed by atoms with E-state index in [4.69, 9.17) is 0 Å². The number of nitrogens with zero attached hydrogens (tertiary/aromatic N) is 2. The van der Waals surface area contributed by atoms with Crippen LogP contribution in [0.1, 0.15) is 0 Å². The van der Waals surface area contributed by atoms with E-state index in [1.807, 2.05) is 0 Å². The van der Waals surface area contributed by atoms with Crippen LogP contribution in [0, 0.1) is 0 Å². The predicted molar refractivity (Wildman–Crippen MR) is 40.5 cm³/mol. The molecule has 64 valence electrons. The maximum atomic E-state index is 11.3. The minimum atomic E-state index is -0.390. The summed E-state index contributed by atoms with van der Waals surface area (Å²) in [6, 6.07) is -0.390. The molecule has 0 aromatic rings. The Labute approximate surface area is 68.6 Å². The molecule has 1 unspecified atom stereocenters. The molecule has 0 aromatic carbocycles. The van der Waals surface area contributed by atoms with E-state index < -0.39 is 6.03 Å². The van der Waals surface area contributed by atoms with Gasteiger partial charge in [-0.25, -0.2) is 4.79 Å². The molecule has 0 radical (unpaired) electrons. The van der Waals surface area contributed by atoms with Crippen LogP contribution in [0.25, 0.3) is 0 Å². The van der Waals surface area contributed by atoms with E-state index in [1.54, 1.807) is 0 Å². The molecule has 1 fully saturated rings. The Bertz CT molecular complexity index is 285. The van der Waals surface area contributed by atoms with Crippen molar-refractivity contribution < 1.29 is 9.59 Å². The lowest BCUT2D eigenvalue weighted by Crippen LogP contribution is -2.61. The fourth-order valence-corrected chi connectivity index (χ4v) is 1.20. The fourth-order valence-electron chi connectivity index (χ4n) is 1.20. The quantitative estimate of drug-likeness (QED) is 0.462. The molecule has 0 saturated carbocycles. The van der Waals surface area contributed by atoms with E-state index in [-0.39, 0.29) is 12.1 Å². The van der Waals surface area contributed by atoms with E-state index in [0.717, 1.165) is 4.90 Å². The zero-order chi connectivity index (χ0) is 8.72. The summed E-state index contributed by atoms with van der Waals surface area (Å²) in [5.74, 6) is -0.325. The molecule has 12 heavy (non-hydrogen) atoms. The first-order valence-corrected chi connectivity index (χ1v) is 3.56. The average Bonchev–Trinajstić information content (AvgIpc) is 2.48. The molecule has 6 heteroatoms. The van der Waals surface area contributed by atoms with Gasteiger partial charge in [0.05, 0.1) is 6.67 Å². The van der Waals surface area contributed by atoms with Crippen LogP contribution in [-0.2, 0) is 4.79 Å². The normalized spacial score (nSPS) is 28.2. The second kappa shape index (κ2) is 2.28. The van der Waals surface area contributed by atoms with Gasteiger partial charge in [0.15, 0.2) is 0 Å². The van der Waals surface area contributed by atoms with Gasteiger partial charge >= 0.3 is 6.03 Å². The lowest BCUT2D eigenvalue weighted by molar-refractivity contribution is -0.121. The van der Waals surface area contributed by atoms with Gasteiger partial charge in [0, 0.05) is 7.05 Å². The number of carbonyl (C=O) groups is 2. The van der Waals surface area contributed by atoms with Gasteiger partial charge in [-0.2, -0.15) is 0 Å². The summed E-state index contributed by atoms with van der Waals surface area (Å²) in [5.41, 5.74) is 0.386. The van der Waals surface area contributed by atoms with E-state index in [0.29, 0.717) is 12.4 Å². The number of carbonyl (C=O) groups excluding carboxylic acids is 2. The minimum absolute atomic E-state index is 0.325. The summed E-state index contributed by atoms with van der Waals surface area (Å²) in [7, 11) is 1.43. The fraction of sp³-hybridized carbons (Fsp3) is 0.500. The highest BCUT2D eigenvalue weighted by Gasteiger charge is 2.37. The highest BCUT2D eigenvalue weighted by atomic mass is 16.2. The van der Waals surface area contributed by atoms with Crippen molar-refractivity contribution in [2.75, 3.05) is 13.7 Å². The Morgan fingerprint density at radius 1 is 1.58 bits per heavy atom. The Kier molecular flexibility index (Phi) is 1.37. The highest BCUT2D eigenvalue weighted by molar-refractivity contribution is 6.44. The highest BCUT2D eigenvalue weighted by Crippen LogP contribution is 2.05. The van der Waals surface area contributed by atoms with Crippen molar-refractivity contribution in [2.45, 2.75) is 6.17 Å². The minimum Gasteiger partial charge on any atom is -0.316 e. The number of amides is 3. The summed E-state index contributed by atoms with van der Waals surface area (Å²) in [6.45, 7) is 0.389. The first-order valence-electron chi connectivity index (χ1n) is 3.56. The smallest absolute Gasteiger partial charge is 0.316 e. The molecule has 2 heterocycles. The second-order valence-electron chi connectivity index (χ2n) is 2.65. The molecule has 2 aliphatic rings. The molecular weight excluding hydrogens is 160 g/mol. The van der Waals surface area contributed by atoms with Crippen LogP contribution in [0.3, 0.4) is 0 Å². The van der Waals surface area contributed by atoms with Crippen molar-refractivity contribution in [1.29, 1.82) is 0 Å². The van der Waals surface area contributed by atoms with Crippen molar-refractivity contribution in [2.24, 2.45) is 4.99 Å². The summed E-state index contributed by atoms with van der Waals surface area (Å²) in [4.78, 5) is 27.3. The summed E-state index contributed by atoms with van der Waals surface area (Å²) < 4.78 is 0. The topological polar surface area (TPSA) is 73.8 Å². The van der Waals surface area contributed by atoms with Crippen molar-refractivity contribution in [1.82, 2.24) is 15.5 Å². The predicted octanol–water partition coefficient (Wildman–Crippen LogP) is -1.50. The molecule has 2 aliphatic heterocycles. The molecule has 0 bridgehead atoms. The first-order chi connectivity index (χ1) is 5.70.